The summed E-state index contributed by atoms with van der Waals surface area (Å²) >= 11 is 0. The van der Waals surface area contributed by atoms with Crippen molar-refractivity contribution >= 4 is 23.6 Å². The van der Waals surface area contributed by atoms with Gasteiger partial charge in [0.1, 0.15) is 5.75 Å². The molecule has 4 aliphatic rings. The Balaban J connectivity index is 1.40. The maximum absolute atomic E-state index is 14.2. The second-order valence-electron chi connectivity index (χ2n) is 11.0. The fourth-order valence-corrected chi connectivity index (χ4v) is 7.73. The number of benzene rings is 2. The first-order valence-corrected chi connectivity index (χ1v) is 12.6. The van der Waals surface area contributed by atoms with Gasteiger partial charge in [0.05, 0.1) is 13.7 Å². The maximum atomic E-state index is 14.2. The van der Waals surface area contributed by atoms with Crippen LogP contribution in [-0.4, -0.2) is 40.7 Å². The lowest BCUT2D eigenvalue weighted by atomic mass is 9.55. The number of methoxy groups -OCH3 is 1. The monoisotopic (exact) mass is 487 g/mol. The smallest absolute Gasteiger partial charge is 0.329 e. The molecule has 3 aliphatic carbocycles. The number of carbonyl (C=O) groups is 4. The van der Waals surface area contributed by atoms with Crippen LogP contribution in [0.25, 0.3) is 0 Å². The van der Waals surface area contributed by atoms with Gasteiger partial charge in [-0.05, 0) is 84.7 Å². The molecule has 186 valence electrons. The second-order valence-corrected chi connectivity index (χ2v) is 11.0. The number of ether oxygens (including phenoxy) is 1. The van der Waals surface area contributed by atoms with Crippen molar-refractivity contribution in [1.82, 2.24) is 4.90 Å². The number of carbonyl (C=O) groups excluding carboxylic acids is 4. The number of aromatic hydroxyl groups is 1. The highest BCUT2D eigenvalue weighted by molar-refractivity contribution is 6.27. The van der Waals surface area contributed by atoms with E-state index in [1.807, 2.05) is 19.1 Å². The van der Waals surface area contributed by atoms with Crippen LogP contribution in [0.1, 0.15) is 65.6 Å². The standard InChI is InChI=1S/C29H29NO6/c1-28-12-11-21-19-10-8-18(31)13-16(19)7-9-22(21)23(28)14-29(25(28)33,27(35)36-2)26(34)30-15-17-5-3-4-6-20(17)24(30)32/h3-6,8,10,13,21-23,31H,7,9,11-12,14-15H2,1-2H3. The Morgan fingerprint density at radius 1 is 1.08 bits per heavy atom. The largest absolute Gasteiger partial charge is 0.508 e. The van der Waals surface area contributed by atoms with E-state index in [4.69, 9.17) is 4.74 Å². The van der Waals surface area contributed by atoms with E-state index in [1.165, 1.54) is 12.7 Å². The summed E-state index contributed by atoms with van der Waals surface area (Å²) in [6.07, 6.45) is 2.96. The molecule has 5 unspecified atom stereocenters. The van der Waals surface area contributed by atoms with E-state index in [9.17, 15) is 24.3 Å². The summed E-state index contributed by atoms with van der Waals surface area (Å²) in [7, 11) is 1.20. The van der Waals surface area contributed by atoms with Crippen LogP contribution in [0.4, 0.5) is 0 Å². The number of hydrogen-bond donors (Lipinski definition) is 1. The number of nitrogens with zero attached hydrogens (tertiary/aromatic N) is 1. The number of phenols is 1. The van der Waals surface area contributed by atoms with E-state index in [2.05, 4.69) is 0 Å². The van der Waals surface area contributed by atoms with Crippen molar-refractivity contribution in [2.45, 2.75) is 51.5 Å². The molecule has 1 N–H and O–H groups in total. The predicted octanol–water partition coefficient (Wildman–Crippen LogP) is 3.77. The molecule has 0 spiro atoms. The van der Waals surface area contributed by atoms with E-state index >= 15 is 0 Å². The number of amides is 2. The Bertz CT molecular complexity index is 1330. The third kappa shape index (κ3) is 2.85. The number of phenolic OH excluding ortho intramolecular Hbond substituents is 1. The van der Waals surface area contributed by atoms with Gasteiger partial charge in [0.2, 0.25) is 5.41 Å². The minimum atomic E-state index is -2.02. The molecule has 1 aliphatic heterocycles. The van der Waals surface area contributed by atoms with E-state index < -0.39 is 34.4 Å². The molecule has 2 fully saturated rings. The van der Waals surface area contributed by atoms with Gasteiger partial charge in [-0.3, -0.25) is 24.1 Å². The van der Waals surface area contributed by atoms with Crippen molar-refractivity contribution in [2.24, 2.45) is 22.7 Å². The van der Waals surface area contributed by atoms with Gasteiger partial charge in [-0.1, -0.05) is 31.2 Å². The molecule has 2 saturated carbocycles. The minimum absolute atomic E-state index is 0.0458. The van der Waals surface area contributed by atoms with E-state index in [0.717, 1.165) is 29.7 Å². The number of Topliss-reactive ketones (excluding diaryl/α,β-unsaturated/α-hetero) is 1. The van der Waals surface area contributed by atoms with Crippen molar-refractivity contribution in [1.29, 1.82) is 0 Å². The number of rotatable bonds is 2. The third-order valence-electron chi connectivity index (χ3n) is 9.50. The Morgan fingerprint density at radius 3 is 2.61 bits per heavy atom. The van der Waals surface area contributed by atoms with Crippen molar-refractivity contribution in [3.63, 3.8) is 0 Å². The number of imide groups is 1. The zero-order valence-electron chi connectivity index (χ0n) is 20.5. The molecule has 7 heteroatoms. The second kappa shape index (κ2) is 7.76. The lowest BCUT2D eigenvalue weighted by molar-refractivity contribution is -0.166. The van der Waals surface area contributed by atoms with Crippen LogP contribution >= 0.6 is 0 Å². The van der Waals surface area contributed by atoms with Gasteiger partial charge in [-0.25, -0.2) is 0 Å². The predicted molar refractivity (Wildman–Crippen MR) is 129 cm³/mol. The zero-order valence-corrected chi connectivity index (χ0v) is 20.5. The Hall–Kier alpha value is -3.48. The Morgan fingerprint density at radius 2 is 1.86 bits per heavy atom. The molecule has 0 saturated heterocycles. The van der Waals surface area contributed by atoms with Gasteiger partial charge in [0.25, 0.3) is 11.8 Å². The first-order valence-electron chi connectivity index (χ1n) is 12.6. The normalized spacial score (nSPS) is 32.4. The summed E-state index contributed by atoms with van der Waals surface area (Å²) in [6, 6.07) is 12.5. The van der Waals surface area contributed by atoms with Crippen LogP contribution in [0.3, 0.4) is 0 Å². The van der Waals surface area contributed by atoms with E-state index in [-0.39, 0.29) is 36.5 Å². The maximum Gasteiger partial charge on any atom is 0.329 e. The molecule has 1 heterocycles. The highest BCUT2D eigenvalue weighted by atomic mass is 16.5. The van der Waals surface area contributed by atoms with Gasteiger partial charge in [-0.2, -0.15) is 0 Å². The minimum Gasteiger partial charge on any atom is -0.508 e. The zero-order chi connectivity index (χ0) is 25.4. The summed E-state index contributed by atoms with van der Waals surface area (Å²) in [5.74, 6) is -2.13. The molecule has 6 rings (SSSR count). The SMILES string of the molecule is COC(=O)C1(C(=O)N2Cc3ccccc3C2=O)CC2C3CCc4cc(O)ccc4C3CCC2(C)C1=O. The van der Waals surface area contributed by atoms with E-state index in [0.29, 0.717) is 17.5 Å². The van der Waals surface area contributed by atoms with Crippen LogP contribution in [0.5, 0.6) is 5.75 Å². The van der Waals surface area contributed by atoms with Crippen LogP contribution < -0.4 is 0 Å². The molecular formula is C29H29NO6. The molecule has 0 bridgehead atoms. The molecule has 5 atom stereocenters. The van der Waals surface area contributed by atoms with Crippen molar-refractivity contribution in [2.75, 3.05) is 7.11 Å². The molecule has 0 aromatic heterocycles. The first kappa shape index (κ1) is 23.0. The Kier molecular flexibility index (Phi) is 4.95. The highest BCUT2D eigenvalue weighted by Crippen LogP contribution is 2.64. The quantitative estimate of drug-likeness (QED) is 0.393. The average Bonchev–Trinajstić information content (AvgIpc) is 3.35. The lowest BCUT2D eigenvalue weighted by Gasteiger charge is -2.48. The summed E-state index contributed by atoms with van der Waals surface area (Å²) in [6.45, 7) is 1.94. The highest BCUT2D eigenvalue weighted by Gasteiger charge is 2.71. The summed E-state index contributed by atoms with van der Waals surface area (Å²) in [5.41, 5.74) is 0.570. The molecule has 7 nitrogen and oxygen atoms in total. The number of esters is 1. The third-order valence-corrected chi connectivity index (χ3v) is 9.50. The van der Waals surface area contributed by atoms with Crippen LogP contribution in [0.2, 0.25) is 0 Å². The molecule has 2 aromatic rings. The van der Waals surface area contributed by atoms with Gasteiger partial charge in [0, 0.05) is 11.0 Å². The van der Waals surface area contributed by atoms with Crippen LogP contribution in [0.15, 0.2) is 42.5 Å². The number of fused-ring (bicyclic) bond motifs is 6. The fraction of sp³-hybridized carbons (Fsp3) is 0.448. The molecule has 2 aromatic carbocycles. The number of ketones is 1. The molecule has 0 radical (unpaired) electrons. The molecule has 2 amide bonds. The fourth-order valence-electron chi connectivity index (χ4n) is 7.73. The molecular weight excluding hydrogens is 458 g/mol. The van der Waals surface area contributed by atoms with Gasteiger partial charge < -0.3 is 9.84 Å². The van der Waals surface area contributed by atoms with Gasteiger partial charge >= 0.3 is 5.97 Å². The summed E-state index contributed by atoms with van der Waals surface area (Å²) in [5, 5.41) is 9.95. The van der Waals surface area contributed by atoms with Crippen molar-refractivity contribution in [3.05, 3.63) is 64.7 Å². The average molecular weight is 488 g/mol. The number of aryl methyl sites for hydroxylation is 1. The van der Waals surface area contributed by atoms with Gasteiger partial charge in [0.15, 0.2) is 5.78 Å². The summed E-state index contributed by atoms with van der Waals surface area (Å²) < 4.78 is 5.11. The van der Waals surface area contributed by atoms with Gasteiger partial charge in [-0.15, -0.1) is 0 Å². The van der Waals surface area contributed by atoms with Crippen LogP contribution in [-0.2, 0) is 32.1 Å². The van der Waals surface area contributed by atoms with Crippen molar-refractivity contribution < 1.29 is 29.0 Å². The lowest BCUT2D eigenvalue weighted by Crippen LogP contribution is -2.53. The van der Waals surface area contributed by atoms with Crippen molar-refractivity contribution in [3.8, 4) is 5.75 Å². The Labute approximate surface area is 209 Å². The van der Waals surface area contributed by atoms with E-state index in [1.54, 1.807) is 30.3 Å². The summed E-state index contributed by atoms with van der Waals surface area (Å²) in [4.78, 5) is 55.9. The van der Waals surface area contributed by atoms with Crippen LogP contribution in [0, 0.1) is 22.7 Å². The number of hydrogen-bond acceptors (Lipinski definition) is 6. The topological polar surface area (TPSA) is 101 Å². The first-order chi connectivity index (χ1) is 17.2. The molecule has 36 heavy (non-hydrogen) atoms.